The van der Waals surface area contributed by atoms with Gasteiger partial charge < -0.3 is 10.6 Å². The van der Waals surface area contributed by atoms with E-state index in [1.54, 1.807) is 24.3 Å². The number of hydrogen-bond acceptors (Lipinski definition) is 2. The first-order valence-electron chi connectivity index (χ1n) is 6.77. The number of anilines is 1. The number of carbonyl (C=O) groups is 1. The minimum Gasteiger partial charge on any atom is -0.399 e. The average molecular weight is 265 g/mol. The second kappa shape index (κ2) is 5.37. The third-order valence-corrected chi connectivity index (χ3v) is 3.70. The van der Waals surface area contributed by atoms with Crippen LogP contribution in [0.5, 0.6) is 0 Å². The van der Waals surface area contributed by atoms with Crippen LogP contribution in [0.4, 0.5) is 5.69 Å². The number of hydrogen-bond donors (Lipinski definition) is 1. The summed E-state index contributed by atoms with van der Waals surface area (Å²) in [6.07, 6.45) is 2.20. The fourth-order valence-electron chi connectivity index (χ4n) is 2.56. The van der Waals surface area contributed by atoms with Gasteiger partial charge in [0.05, 0.1) is 0 Å². The molecule has 1 unspecified atom stereocenters. The highest BCUT2D eigenvalue weighted by molar-refractivity contribution is 5.94. The first-order chi connectivity index (χ1) is 9.74. The number of amides is 1. The molecule has 1 aliphatic rings. The third-order valence-electron chi connectivity index (χ3n) is 3.70. The van der Waals surface area contributed by atoms with E-state index in [-0.39, 0.29) is 5.91 Å². The Bertz CT molecular complexity index is 592. The van der Waals surface area contributed by atoms with Crippen molar-refractivity contribution in [2.45, 2.75) is 5.92 Å². The summed E-state index contributed by atoms with van der Waals surface area (Å²) in [5.41, 5.74) is 8.28. The number of nitrogens with two attached hydrogens (primary N) is 1. The predicted molar refractivity (Wildman–Crippen MR) is 80.2 cm³/mol. The van der Waals surface area contributed by atoms with Crippen LogP contribution >= 0.6 is 0 Å². The summed E-state index contributed by atoms with van der Waals surface area (Å²) in [5, 5.41) is 0. The van der Waals surface area contributed by atoms with Gasteiger partial charge in [0.25, 0.3) is 5.91 Å². The zero-order chi connectivity index (χ0) is 13.9. The molecule has 1 atom stereocenters. The molecule has 0 spiro atoms. The average Bonchev–Trinajstić information content (AvgIpc) is 2.98. The third kappa shape index (κ3) is 2.52. The topological polar surface area (TPSA) is 46.3 Å². The zero-order valence-electron chi connectivity index (χ0n) is 11.2. The van der Waals surface area contributed by atoms with E-state index in [1.807, 2.05) is 23.1 Å². The molecule has 0 bridgehead atoms. The van der Waals surface area contributed by atoms with Crippen molar-refractivity contribution in [1.29, 1.82) is 0 Å². The fraction of sp³-hybridized carbons (Fsp3) is 0.176. The van der Waals surface area contributed by atoms with Crippen LogP contribution in [0.1, 0.15) is 21.8 Å². The minimum atomic E-state index is 0.0691. The van der Waals surface area contributed by atoms with Gasteiger partial charge in [0.2, 0.25) is 0 Å². The maximum Gasteiger partial charge on any atom is 0.253 e. The van der Waals surface area contributed by atoms with E-state index in [0.717, 1.165) is 6.54 Å². The molecule has 3 nitrogen and oxygen atoms in total. The Morgan fingerprint density at radius 2 is 1.75 bits per heavy atom. The molecule has 1 heterocycles. The van der Waals surface area contributed by atoms with Crippen LogP contribution in [-0.4, -0.2) is 23.9 Å². The van der Waals surface area contributed by atoms with E-state index in [1.165, 1.54) is 5.56 Å². The lowest BCUT2D eigenvalue weighted by atomic mass is 9.99. The number of carbonyl (C=O) groups excluding carboxylic acids is 1. The van der Waals surface area contributed by atoms with E-state index >= 15 is 0 Å². The summed E-state index contributed by atoms with van der Waals surface area (Å²) < 4.78 is 0. The molecule has 1 fully saturated rings. The first kappa shape index (κ1) is 12.7. The summed E-state index contributed by atoms with van der Waals surface area (Å²) in [5.74, 6) is 0.397. The Labute approximate surface area is 119 Å². The molecule has 3 rings (SSSR count). The second-order valence-corrected chi connectivity index (χ2v) is 5.09. The Kier molecular flexibility index (Phi) is 3.42. The maximum absolute atomic E-state index is 12.4. The van der Waals surface area contributed by atoms with E-state index < -0.39 is 0 Å². The Morgan fingerprint density at radius 1 is 1.05 bits per heavy atom. The lowest BCUT2D eigenvalue weighted by molar-refractivity contribution is 0.0793. The van der Waals surface area contributed by atoms with E-state index in [9.17, 15) is 4.79 Å². The summed E-state index contributed by atoms with van der Waals surface area (Å²) in [7, 11) is 0. The van der Waals surface area contributed by atoms with Crippen LogP contribution in [0.25, 0.3) is 0 Å². The summed E-state index contributed by atoms with van der Waals surface area (Å²) >= 11 is 0. The molecule has 2 N–H and O–H groups in total. The Morgan fingerprint density at radius 3 is 2.45 bits per heavy atom. The summed E-state index contributed by atoms with van der Waals surface area (Å²) in [6.45, 7) is 1.44. The monoisotopic (exact) mass is 265 g/mol. The molecule has 101 valence electrons. The van der Waals surface area contributed by atoms with Crippen LogP contribution in [0, 0.1) is 6.42 Å². The summed E-state index contributed by atoms with van der Waals surface area (Å²) in [4.78, 5) is 14.3. The molecule has 1 saturated heterocycles. The number of likely N-dealkylation sites (tertiary alicyclic amines) is 1. The second-order valence-electron chi connectivity index (χ2n) is 5.09. The van der Waals surface area contributed by atoms with Gasteiger partial charge in [-0.15, -0.1) is 0 Å². The molecule has 20 heavy (non-hydrogen) atoms. The van der Waals surface area contributed by atoms with Crippen LogP contribution in [0.15, 0.2) is 54.6 Å². The molecule has 2 aromatic rings. The molecule has 2 aromatic carbocycles. The van der Waals surface area contributed by atoms with Crippen molar-refractivity contribution in [3.63, 3.8) is 0 Å². The van der Waals surface area contributed by atoms with Crippen LogP contribution in [0.2, 0.25) is 0 Å². The molecule has 0 aliphatic carbocycles. The lowest BCUT2D eigenvalue weighted by Gasteiger charge is -2.17. The molecule has 1 amide bonds. The van der Waals surface area contributed by atoms with Gasteiger partial charge >= 0.3 is 0 Å². The van der Waals surface area contributed by atoms with Crippen molar-refractivity contribution in [2.24, 2.45) is 0 Å². The van der Waals surface area contributed by atoms with Crippen LogP contribution in [0.3, 0.4) is 0 Å². The predicted octanol–water partition coefficient (Wildman–Crippen LogP) is 2.71. The van der Waals surface area contributed by atoms with Gasteiger partial charge in [-0.05, 0) is 36.2 Å². The van der Waals surface area contributed by atoms with Crippen LogP contribution in [-0.2, 0) is 0 Å². The van der Waals surface area contributed by atoms with Crippen molar-refractivity contribution in [1.82, 2.24) is 4.90 Å². The molecule has 3 heteroatoms. The fourth-order valence-corrected chi connectivity index (χ4v) is 2.56. The van der Waals surface area contributed by atoms with Crippen molar-refractivity contribution >= 4 is 11.6 Å². The van der Waals surface area contributed by atoms with Gasteiger partial charge in [-0.25, -0.2) is 0 Å². The van der Waals surface area contributed by atoms with Gasteiger partial charge in [-0.3, -0.25) is 4.79 Å². The highest BCUT2D eigenvalue weighted by Crippen LogP contribution is 2.27. The molecular weight excluding hydrogens is 248 g/mol. The smallest absolute Gasteiger partial charge is 0.253 e. The van der Waals surface area contributed by atoms with Gasteiger partial charge in [0, 0.05) is 30.3 Å². The van der Waals surface area contributed by atoms with Gasteiger partial charge in [0.1, 0.15) is 0 Å². The van der Waals surface area contributed by atoms with Crippen molar-refractivity contribution in [2.75, 3.05) is 18.8 Å². The van der Waals surface area contributed by atoms with Crippen molar-refractivity contribution < 1.29 is 4.79 Å². The van der Waals surface area contributed by atoms with Crippen molar-refractivity contribution in [3.05, 3.63) is 72.1 Å². The Hall–Kier alpha value is -2.29. The molecule has 0 saturated carbocycles. The van der Waals surface area contributed by atoms with Gasteiger partial charge in [-0.1, -0.05) is 30.3 Å². The van der Waals surface area contributed by atoms with Crippen molar-refractivity contribution in [3.8, 4) is 0 Å². The van der Waals surface area contributed by atoms with Crippen LogP contribution < -0.4 is 5.73 Å². The quantitative estimate of drug-likeness (QED) is 0.849. The van der Waals surface area contributed by atoms with E-state index in [2.05, 4.69) is 18.6 Å². The molecule has 1 radical (unpaired) electrons. The first-order valence-corrected chi connectivity index (χ1v) is 6.77. The standard InChI is InChI=1S/C17H17N2O/c18-16-8-6-14(7-9-16)17(20)19-11-10-15(12-19)13-4-2-1-3-5-13/h1-10,15H,11-12,18H2. The number of rotatable bonds is 2. The molecular formula is C17H17N2O. The van der Waals surface area contributed by atoms with Gasteiger partial charge in [-0.2, -0.15) is 0 Å². The lowest BCUT2D eigenvalue weighted by Crippen LogP contribution is -2.28. The number of benzene rings is 2. The molecule has 1 aliphatic heterocycles. The zero-order valence-corrected chi connectivity index (χ0v) is 11.2. The Balaban J connectivity index is 1.71. The summed E-state index contributed by atoms with van der Waals surface area (Å²) in [6, 6.07) is 17.4. The van der Waals surface area contributed by atoms with E-state index in [0.29, 0.717) is 23.7 Å². The maximum atomic E-state index is 12.4. The SMILES string of the molecule is Nc1ccc(C(=O)N2C[CH]C(c3ccccc3)C2)cc1. The number of nitrogen functional groups attached to an aromatic ring is 1. The number of nitrogens with zero attached hydrogens (tertiary/aromatic N) is 1. The largest absolute Gasteiger partial charge is 0.399 e. The van der Waals surface area contributed by atoms with E-state index in [4.69, 9.17) is 5.73 Å². The highest BCUT2D eigenvalue weighted by Gasteiger charge is 2.27. The normalized spacial score (nSPS) is 18.2. The molecule has 0 aromatic heterocycles. The van der Waals surface area contributed by atoms with Gasteiger partial charge in [0.15, 0.2) is 0 Å². The minimum absolute atomic E-state index is 0.0691. The highest BCUT2D eigenvalue weighted by atomic mass is 16.2.